The van der Waals surface area contributed by atoms with Crippen LogP contribution in [0.1, 0.15) is 30.1 Å². The predicted molar refractivity (Wildman–Crippen MR) is 67.4 cm³/mol. The minimum absolute atomic E-state index is 0.176. The lowest BCUT2D eigenvalue weighted by atomic mass is 10.1. The highest BCUT2D eigenvalue weighted by Crippen LogP contribution is 2.31. The van der Waals surface area contributed by atoms with Gasteiger partial charge in [0.2, 0.25) is 0 Å². The molecule has 0 unspecified atom stereocenters. The smallest absolute Gasteiger partial charge is 0.123 e. The lowest BCUT2D eigenvalue weighted by Gasteiger charge is -2.23. The van der Waals surface area contributed by atoms with Crippen molar-refractivity contribution in [3.05, 3.63) is 53.6 Å². The van der Waals surface area contributed by atoms with Gasteiger partial charge in [0.15, 0.2) is 0 Å². The number of nitrogens with one attached hydrogen (secondary N) is 1. The molecule has 1 atom stereocenters. The Kier molecular flexibility index (Phi) is 3.11. The van der Waals surface area contributed by atoms with Crippen LogP contribution in [0.2, 0.25) is 0 Å². The van der Waals surface area contributed by atoms with E-state index in [1.54, 1.807) is 6.20 Å². The summed E-state index contributed by atoms with van der Waals surface area (Å²) in [7, 11) is 0. The number of aromatic nitrogens is 2. The van der Waals surface area contributed by atoms with Gasteiger partial charge in [0.25, 0.3) is 0 Å². The van der Waals surface area contributed by atoms with Crippen LogP contribution < -0.4 is 0 Å². The van der Waals surface area contributed by atoms with E-state index in [4.69, 9.17) is 0 Å². The first-order valence-corrected chi connectivity index (χ1v) is 6.31. The summed E-state index contributed by atoms with van der Waals surface area (Å²) in [6, 6.07) is 9.22. The molecular formula is C14H16FN3. The summed E-state index contributed by atoms with van der Waals surface area (Å²) in [4.78, 5) is 2.42. The maximum Gasteiger partial charge on any atom is 0.123 e. The summed E-state index contributed by atoms with van der Waals surface area (Å²) in [6.07, 6.45) is 4.15. The summed E-state index contributed by atoms with van der Waals surface area (Å²) in [5.41, 5.74) is 2.33. The second-order valence-corrected chi connectivity index (χ2v) is 4.77. The van der Waals surface area contributed by atoms with Crippen LogP contribution in [0.15, 0.2) is 36.5 Å². The molecule has 2 heterocycles. The molecule has 1 saturated heterocycles. The number of likely N-dealkylation sites (tertiary alicyclic amines) is 1. The molecule has 4 heteroatoms. The number of halogens is 1. The van der Waals surface area contributed by atoms with Crippen LogP contribution in [0, 0.1) is 5.82 Å². The molecule has 1 fully saturated rings. The van der Waals surface area contributed by atoms with Crippen molar-refractivity contribution in [2.75, 3.05) is 6.54 Å². The highest BCUT2D eigenvalue weighted by atomic mass is 19.1. The molecule has 1 N–H and O–H groups in total. The molecule has 3 rings (SSSR count). The average Bonchev–Trinajstić information content (AvgIpc) is 3.02. The topological polar surface area (TPSA) is 31.9 Å². The van der Waals surface area contributed by atoms with Crippen LogP contribution in [0.25, 0.3) is 0 Å². The molecule has 18 heavy (non-hydrogen) atoms. The molecule has 3 nitrogen and oxygen atoms in total. The number of hydrogen-bond acceptors (Lipinski definition) is 2. The van der Waals surface area contributed by atoms with E-state index in [1.165, 1.54) is 24.2 Å². The van der Waals surface area contributed by atoms with Crippen molar-refractivity contribution in [3.63, 3.8) is 0 Å². The fraction of sp³-hybridized carbons (Fsp3) is 0.357. The molecule has 0 radical (unpaired) electrons. The number of benzene rings is 1. The maximum atomic E-state index is 12.9. The number of H-pyrrole nitrogens is 1. The standard InChI is InChI=1S/C14H16FN3/c15-12-5-3-11(4-6-12)10-18-9-1-2-14(18)13-7-8-16-17-13/h3-8,14H,1-2,9-10H2,(H,16,17)/t14-/m0/s1. The fourth-order valence-corrected chi connectivity index (χ4v) is 2.64. The quantitative estimate of drug-likeness (QED) is 0.901. The van der Waals surface area contributed by atoms with Gasteiger partial charge >= 0.3 is 0 Å². The van der Waals surface area contributed by atoms with Crippen LogP contribution in [0.3, 0.4) is 0 Å². The van der Waals surface area contributed by atoms with Crippen molar-refractivity contribution in [3.8, 4) is 0 Å². The molecule has 1 aromatic heterocycles. The molecule has 0 saturated carbocycles. The molecule has 0 bridgehead atoms. The molecule has 2 aromatic rings. The van der Waals surface area contributed by atoms with E-state index in [1.807, 2.05) is 18.2 Å². The van der Waals surface area contributed by atoms with Crippen molar-refractivity contribution in [1.29, 1.82) is 0 Å². The van der Waals surface area contributed by atoms with Crippen LogP contribution in [0.5, 0.6) is 0 Å². The molecule has 94 valence electrons. The number of aromatic amines is 1. The third-order valence-electron chi connectivity index (χ3n) is 3.54. The van der Waals surface area contributed by atoms with Crippen molar-refractivity contribution in [1.82, 2.24) is 15.1 Å². The minimum atomic E-state index is -0.176. The summed E-state index contributed by atoms with van der Waals surface area (Å²) < 4.78 is 12.9. The van der Waals surface area contributed by atoms with Gasteiger partial charge in [-0.05, 0) is 43.1 Å². The number of hydrogen-bond donors (Lipinski definition) is 1. The van der Waals surface area contributed by atoms with Crippen molar-refractivity contribution in [2.45, 2.75) is 25.4 Å². The Bertz CT molecular complexity index is 492. The second kappa shape index (κ2) is 4.90. The van der Waals surface area contributed by atoms with Crippen LogP contribution in [-0.2, 0) is 6.54 Å². The molecule has 1 aliphatic rings. The van der Waals surface area contributed by atoms with E-state index in [0.717, 1.165) is 25.1 Å². The zero-order chi connectivity index (χ0) is 12.4. The Morgan fingerprint density at radius 1 is 1.28 bits per heavy atom. The van der Waals surface area contributed by atoms with E-state index < -0.39 is 0 Å². The summed E-state index contributed by atoms with van der Waals surface area (Å²) >= 11 is 0. The Balaban J connectivity index is 1.73. The highest BCUT2D eigenvalue weighted by Gasteiger charge is 2.26. The number of nitrogens with zero attached hydrogens (tertiary/aromatic N) is 2. The molecule has 0 amide bonds. The summed E-state index contributed by atoms with van der Waals surface area (Å²) in [5, 5.41) is 7.07. The average molecular weight is 245 g/mol. The first-order valence-electron chi connectivity index (χ1n) is 6.31. The molecule has 1 aromatic carbocycles. The largest absolute Gasteiger partial charge is 0.291 e. The monoisotopic (exact) mass is 245 g/mol. The Hall–Kier alpha value is -1.68. The van der Waals surface area contributed by atoms with E-state index in [-0.39, 0.29) is 5.82 Å². The maximum absolute atomic E-state index is 12.9. The molecule has 0 aliphatic carbocycles. The van der Waals surface area contributed by atoms with Gasteiger partial charge < -0.3 is 0 Å². The first-order chi connectivity index (χ1) is 8.83. The second-order valence-electron chi connectivity index (χ2n) is 4.77. The lowest BCUT2D eigenvalue weighted by Crippen LogP contribution is -2.23. The highest BCUT2D eigenvalue weighted by molar-refractivity contribution is 5.17. The third kappa shape index (κ3) is 2.29. The first kappa shape index (κ1) is 11.4. The summed E-state index contributed by atoms with van der Waals surface area (Å²) in [5.74, 6) is -0.176. The third-order valence-corrected chi connectivity index (χ3v) is 3.54. The minimum Gasteiger partial charge on any atom is -0.291 e. The van der Waals surface area contributed by atoms with E-state index in [2.05, 4.69) is 15.1 Å². The van der Waals surface area contributed by atoms with Gasteiger partial charge in [0, 0.05) is 12.7 Å². The van der Waals surface area contributed by atoms with Gasteiger partial charge in [-0.1, -0.05) is 12.1 Å². The van der Waals surface area contributed by atoms with Gasteiger partial charge in [-0.2, -0.15) is 5.10 Å². The van der Waals surface area contributed by atoms with Gasteiger partial charge in [-0.3, -0.25) is 10.00 Å². The van der Waals surface area contributed by atoms with Gasteiger partial charge in [0.1, 0.15) is 5.82 Å². The zero-order valence-corrected chi connectivity index (χ0v) is 10.1. The summed E-state index contributed by atoms with van der Waals surface area (Å²) in [6.45, 7) is 1.95. The molecule has 1 aliphatic heterocycles. The van der Waals surface area contributed by atoms with Gasteiger partial charge in [-0.15, -0.1) is 0 Å². The molecular weight excluding hydrogens is 229 g/mol. The SMILES string of the molecule is Fc1ccc(CN2CCC[C@H]2c2ccn[nH]2)cc1. The Morgan fingerprint density at radius 2 is 2.11 bits per heavy atom. The van der Waals surface area contributed by atoms with Crippen LogP contribution >= 0.6 is 0 Å². The predicted octanol–water partition coefficient (Wildman–Crippen LogP) is 2.89. The number of rotatable bonds is 3. The molecule has 0 spiro atoms. The van der Waals surface area contributed by atoms with E-state index in [9.17, 15) is 4.39 Å². The lowest BCUT2D eigenvalue weighted by molar-refractivity contribution is 0.244. The van der Waals surface area contributed by atoms with Crippen molar-refractivity contribution < 1.29 is 4.39 Å². The van der Waals surface area contributed by atoms with Crippen molar-refractivity contribution in [2.24, 2.45) is 0 Å². The fourth-order valence-electron chi connectivity index (χ4n) is 2.64. The Morgan fingerprint density at radius 3 is 2.83 bits per heavy atom. The van der Waals surface area contributed by atoms with E-state index >= 15 is 0 Å². The van der Waals surface area contributed by atoms with Gasteiger partial charge in [-0.25, -0.2) is 4.39 Å². The van der Waals surface area contributed by atoms with Gasteiger partial charge in [0.05, 0.1) is 11.7 Å². The van der Waals surface area contributed by atoms with Crippen LogP contribution in [0.4, 0.5) is 4.39 Å². The Labute approximate surface area is 106 Å². The van der Waals surface area contributed by atoms with Crippen LogP contribution in [-0.4, -0.2) is 21.6 Å². The van der Waals surface area contributed by atoms with Crippen molar-refractivity contribution >= 4 is 0 Å². The zero-order valence-electron chi connectivity index (χ0n) is 10.1. The normalized spacial score (nSPS) is 20.4. The van der Waals surface area contributed by atoms with E-state index in [0.29, 0.717) is 6.04 Å².